The molecule has 0 saturated heterocycles. The van der Waals surface area contributed by atoms with Gasteiger partial charge in [0, 0.05) is 4.70 Å². The lowest BCUT2D eigenvalue weighted by Gasteiger charge is -2.09. The summed E-state index contributed by atoms with van der Waals surface area (Å²) in [6, 6.07) is 6.01. The third-order valence-corrected chi connectivity index (χ3v) is 3.55. The minimum Gasteiger partial charge on any atom is -0.444 e. The van der Waals surface area contributed by atoms with Crippen LogP contribution in [0.15, 0.2) is 24.3 Å². The van der Waals surface area contributed by atoms with E-state index in [1.54, 1.807) is 18.2 Å². The van der Waals surface area contributed by atoms with Crippen LogP contribution >= 0.6 is 22.9 Å². The highest BCUT2D eigenvalue weighted by atomic mass is 35.5. The van der Waals surface area contributed by atoms with E-state index in [1.807, 2.05) is 0 Å². The van der Waals surface area contributed by atoms with Crippen LogP contribution in [0.2, 0.25) is 5.02 Å². The fraction of sp³-hybridized carbons (Fsp3) is 0. The summed E-state index contributed by atoms with van der Waals surface area (Å²) in [6.45, 7) is -4.91. The first-order chi connectivity index (χ1) is 6.48. The van der Waals surface area contributed by atoms with Gasteiger partial charge in [-0.05, 0) is 11.5 Å². The number of benzene rings is 1. The Labute approximate surface area is 87.4 Å². The molecular formula is C8H4BClF3S-. The van der Waals surface area contributed by atoms with Crippen molar-refractivity contribution in [3.05, 3.63) is 29.3 Å². The molecule has 0 aliphatic carbocycles. The molecule has 0 fully saturated rings. The van der Waals surface area contributed by atoms with Crippen LogP contribution in [-0.2, 0) is 0 Å². The summed E-state index contributed by atoms with van der Waals surface area (Å²) in [5, 5.41) is 0.926. The summed E-state index contributed by atoms with van der Waals surface area (Å²) in [5.41, 5.74) is 0. The molecule has 0 aliphatic rings. The second kappa shape index (κ2) is 3.17. The lowest BCUT2D eigenvalue weighted by molar-refractivity contribution is 0.503. The zero-order valence-electron chi connectivity index (χ0n) is 6.81. The molecule has 0 saturated carbocycles. The maximum absolute atomic E-state index is 12.4. The molecule has 2 rings (SSSR count). The van der Waals surface area contributed by atoms with Crippen molar-refractivity contribution in [3.63, 3.8) is 0 Å². The van der Waals surface area contributed by atoms with Crippen LogP contribution in [0.25, 0.3) is 10.1 Å². The lowest BCUT2D eigenvalue weighted by atomic mass is 9.89. The van der Waals surface area contributed by atoms with Crippen molar-refractivity contribution in [2.75, 3.05) is 0 Å². The molecule has 1 aromatic heterocycles. The second-order valence-corrected chi connectivity index (χ2v) is 4.37. The average molecular weight is 235 g/mol. The number of hydrogen-bond donors (Lipinski definition) is 0. The number of halogens is 4. The van der Waals surface area contributed by atoms with E-state index in [0.717, 1.165) is 6.07 Å². The Morgan fingerprint density at radius 3 is 2.50 bits per heavy atom. The van der Waals surface area contributed by atoms with Crippen LogP contribution < -0.4 is 4.78 Å². The minimum absolute atomic E-state index is 0.374. The van der Waals surface area contributed by atoms with Crippen LogP contribution in [0.1, 0.15) is 0 Å². The second-order valence-electron chi connectivity index (χ2n) is 2.88. The highest BCUT2D eigenvalue weighted by Gasteiger charge is 2.27. The van der Waals surface area contributed by atoms with Gasteiger partial charge >= 0.3 is 6.98 Å². The van der Waals surface area contributed by atoms with E-state index >= 15 is 0 Å². The molecule has 1 aromatic carbocycles. The first-order valence-electron chi connectivity index (χ1n) is 3.86. The van der Waals surface area contributed by atoms with E-state index in [-0.39, 0.29) is 0 Å². The van der Waals surface area contributed by atoms with E-state index < -0.39 is 11.8 Å². The van der Waals surface area contributed by atoms with Gasteiger partial charge in [0.2, 0.25) is 0 Å². The van der Waals surface area contributed by atoms with Gasteiger partial charge in [-0.15, -0.1) is 0 Å². The third kappa shape index (κ3) is 1.62. The van der Waals surface area contributed by atoms with Crippen molar-refractivity contribution in [1.29, 1.82) is 0 Å². The number of hydrogen-bond acceptors (Lipinski definition) is 1. The van der Waals surface area contributed by atoms with E-state index in [9.17, 15) is 12.9 Å². The average Bonchev–Trinajstić information content (AvgIpc) is 2.48. The third-order valence-electron chi connectivity index (χ3n) is 1.84. The molecule has 0 amide bonds. The summed E-state index contributed by atoms with van der Waals surface area (Å²) in [5.74, 6) is 0. The Morgan fingerprint density at radius 1 is 1.21 bits per heavy atom. The van der Waals surface area contributed by atoms with E-state index in [1.165, 1.54) is 0 Å². The quantitative estimate of drug-likeness (QED) is 0.662. The van der Waals surface area contributed by atoms with Gasteiger partial charge in [0.05, 0.1) is 5.02 Å². The minimum atomic E-state index is -4.91. The zero-order valence-corrected chi connectivity index (χ0v) is 8.38. The van der Waals surface area contributed by atoms with Gasteiger partial charge in [-0.3, -0.25) is 0 Å². The zero-order chi connectivity index (χ0) is 10.3. The fourth-order valence-electron chi connectivity index (χ4n) is 1.21. The normalized spacial score (nSPS) is 12.3. The van der Waals surface area contributed by atoms with Crippen molar-refractivity contribution < 1.29 is 12.9 Å². The number of fused-ring (bicyclic) bond motifs is 1. The van der Waals surface area contributed by atoms with Crippen molar-refractivity contribution in [2.24, 2.45) is 0 Å². The first-order valence-corrected chi connectivity index (χ1v) is 5.06. The molecule has 0 aliphatic heterocycles. The van der Waals surface area contributed by atoms with Crippen molar-refractivity contribution in [2.45, 2.75) is 0 Å². The van der Waals surface area contributed by atoms with Crippen LogP contribution in [0, 0.1) is 0 Å². The van der Waals surface area contributed by atoms with E-state index in [0.29, 0.717) is 26.4 Å². The molecule has 74 valence electrons. The SMILES string of the molecule is F[B-](F)(F)c1cc2cccc(Cl)c2s1. The standard InChI is InChI=1S/C8H4BClF3S/c10-6-3-1-2-5-4-7(9(11,12)13)14-8(5)6/h1-4H/q-1. The Balaban J connectivity index is 2.69. The topological polar surface area (TPSA) is 0 Å². The summed E-state index contributed by atoms with van der Waals surface area (Å²) in [4.78, 5) is 0. The number of thiophene rings is 1. The van der Waals surface area contributed by atoms with Crippen molar-refractivity contribution in [3.8, 4) is 0 Å². The fourth-order valence-corrected chi connectivity index (χ4v) is 2.47. The molecule has 0 nitrogen and oxygen atoms in total. The molecule has 0 radical (unpaired) electrons. The largest absolute Gasteiger partial charge is 0.519 e. The molecule has 0 unspecified atom stereocenters. The van der Waals surface area contributed by atoms with Crippen LogP contribution in [0.4, 0.5) is 12.9 Å². The van der Waals surface area contributed by atoms with Crippen molar-refractivity contribution in [1.82, 2.24) is 0 Å². The van der Waals surface area contributed by atoms with Crippen LogP contribution in [0.5, 0.6) is 0 Å². The molecule has 0 bridgehead atoms. The van der Waals surface area contributed by atoms with Gasteiger partial charge in [-0.25, -0.2) is 0 Å². The smallest absolute Gasteiger partial charge is 0.444 e. The first kappa shape index (κ1) is 9.86. The Hall–Kier alpha value is -0.675. The Morgan fingerprint density at radius 2 is 1.93 bits per heavy atom. The van der Waals surface area contributed by atoms with Crippen LogP contribution in [0.3, 0.4) is 0 Å². The van der Waals surface area contributed by atoms with Crippen molar-refractivity contribution >= 4 is 44.8 Å². The molecular weight excluding hydrogens is 231 g/mol. The summed E-state index contributed by atoms with van der Waals surface area (Å²) in [6.07, 6.45) is 0. The molecule has 14 heavy (non-hydrogen) atoms. The predicted octanol–water partition coefficient (Wildman–Crippen LogP) is 3.61. The van der Waals surface area contributed by atoms with Gasteiger partial charge in [0.15, 0.2) is 0 Å². The molecule has 0 spiro atoms. The molecule has 0 N–H and O–H groups in total. The maximum Gasteiger partial charge on any atom is 0.519 e. The highest BCUT2D eigenvalue weighted by molar-refractivity contribution is 7.29. The number of rotatable bonds is 1. The van der Waals surface area contributed by atoms with Gasteiger partial charge in [-0.2, -0.15) is 11.3 Å². The predicted molar refractivity (Wildman–Crippen MR) is 55.5 cm³/mol. The van der Waals surface area contributed by atoms with Crippen LogP contribution in [-0.4, -0.2) is 6.98 Å². The molecule has 1 heterocycles. The highest BCUT2D eigenvalue weighted by Crippen LogP contribution is 2.29. The maximum atomic E-state index is 12.4. The summed E-state index contributed by atoms with van der Waals surface area (Å²) < 4.78 is 37.1. The molecule has 2 aromatic rings. The van der Waals surface area contributed by atoms with E-state index in [2.05, 4.69) is 0 Å². The molecule has 0 atom stereocenters. The Kier molecular flexibility index (Phi) is 2.23. The van der Waals surface area contributed by atoms with Gasteiger partial charge < -0.3 is 12.9 Å². The van der Waals surface area contributed by atoms with Gasteiger partial charge in [0.1, 0.15) is 0 Å². The monoisotopic (exact) mass is 235 g/mol. The van der Waals surface area contributed by atoms with E-state index in [4.69, 9.17) is 11.6 Å². The molecule has 6 heteroatoms. The Bertz CT molecular complexity index is 477. The summed E-state index contributed by atoms with van der Waals surface area (Å²) >= 11 is 6.47. The van der Waals surface area contributed by atoms with Gasteiger partial charge in [-0.1, -0.05) is 34.6 Å². The summed E-state index contributed by atoms with van der Waals surface area (Å²) in [7, 11) is 0. The van der Waals surface area contributed by atoms with Gasteiger partial charge in [0.25, 0.3) is 0 Å². The lowest BCUT2D eigenvalue weighted by Crippen LogP contribution is -2.30.